The van der Waals surface area contributed by atoms with E-state index in [0.717, 1.165) is 37.3 Å². The molecule has 3 nitrogen and oxygen atoms in total. The minimum absolute atomic E-state index is 1.06. The summed E-state index contributed by atoms with van der Waals surface area (Å²) >= 11 is 3.41. The molecule has 0 amide bonds. The fourth-order valence-corrected chi connectivity index (χ4v) is 2.03. The molecule has 0 saturated carbocycles. The Labute approximate surface area is 86.6 Å². The molecule has 1 saturated heterocycles. The van der Waals surface area contributed by atoms with Gasteiger partial charge in [-0.2, -0.15) is 0 Å². The fraction of sp³-hybridized carbons (Fsp3) is 0.556. The van der Waals surface area contributed by atoms with Crippen molar-refractivity contribution in [2.24, 2.45) is 0 Å². The average molecular weight is 244 g/mol. The van der Waals surface area contributed by atoms with Gasteiger partial charge in [-0.25, -0.2) is 0 Å². The van der Waals surface area contributed by atoms with E-state index in [2.05, 4.69) is 43.4 Å². The van der Waals surface area contributed by atoms with Crippen LogP contribution < -0.4 is 5.32 Å². The van der Waals surface area contributed by atoms with Crippen LogP contribution in [0.25, 0.3) is 0 Å². The smallest absolute Gasteiger partial charge is 0.0823 e. The Morgan fingerprint density at radius 1 is 1.38 bits per heavy atom. The monoisotopic (exact) mass is 243 g/mol. The highest BCUT2D eigenvalue weighted by Crippen LogP contribution is 2.12. The van der Waals surface area contributed by atoms with Crippen LogP contribution in [0.2, 0.25) is 0 Å². The largest absolute Gasteiger partial charge is 0.356 e. The maximum atomic E-state index is 3.41. The maximum absolute atomic E-state index is 3.41. The summed E-state index contributed by atoms with van der Waals surface area (Å²) in [6, 6.07) is 2.14. The van der Waals surface area contributed by atoms with E-state index in [1.54, 1.807) is 0 Å². The zero-order valence-electron chi connectivity index (χ0n) is 7.52. The van der Waals surface area contributed by atoms with Crippen LogP contribution in [0, 0.1) is 0 Å². The van der Waals surface area contributed by atoms with E-state index in [4.69, 9.17) is 0 Å². The van der Waals surface area contributed by atoms with Crippen molar-refractivity contribution in [1.29, 1.82) is 0 Å². The lowest BCUT2D eigenvalue weighted by molar-refractivity contribution is 0.233. The molecule has 0 bridgehead atoms. The molecule has 2 N–H and O–H groups in total. The van der Waals surface area contributed by atoms with Gasteiger partial charge < -0.3 is 10.3 Å². The van der Waals surface area contributed by atoms with E-state index in [1.165, 1.54) is 5.56 Å². The van der Waals surface area contributed by atoms with Crippen molar-refractivity contribution < 1.29 is 0 Å². The summed E-state index contributed by atoms with van der Waals surface area (Å²) in [4.78, 5) is 5.60. The standard InChI is InChI=1S/C9H14BrN3/c10-9-5-8(6-12-9)7-13-3-1-11-2-4-13/h5-6,11-12H,1-4,7H2. The molecule has 0 aliphatic carbocycles. The lowest BCUT2D eigenvalue weighted by Crippen LogP contribution is -2.42. The fourth-order valence-electron chi connectivity index (χ4n) is 1.63. The van der Waals surface area contributed by atoms with Crippen molar-refractivity contribution in [2.45, 2.75) is 6.54 Å². The van der Waals surface area contributed by atoms with E-state index in [1.807, 2.05) is 0 Å². The molecule has 1 fully saturated rings. The van der Waals surface area contributed by atoms with Crippen molar-refractivity contribution in [3.8, 4) is 0 Å². The molecule has 1 aliphatic rings. The molecule has 2 rings (SSSR count). The summed E-state index contributed by atoms with van der Waals surface area (Å²) in [6.07, 6.45) is 2.06. The third-order valence-corrected chi connectivity index (χ3v) is 2.78. The Morgan fingerprint density at radius 3 is 2.77 bits per heavy atom. The Balaban J connectivity index is 1.89. The van der Waals surface area contributed by atoms with Crippen LogP contribution in [0.4, 0.5) is 0 Å². The Bertz CT molecular complexity index is 266. The van der Waals surface area contributed by atoms with Gasteiger partial charge in [0, 0.05) is 38.9 Å². The first kappa shape index (κ1) is 9.24. The number of H-pyrrole nitrogens is 1. The predicted octanol–water partition coefficient (Wildman–Crippen LogP) is 1.18. The van der Waals surface area contributed by atoms with Gasteiger partial charge in [-0.05, 0) is 27.6 Å². The van der Waals surface area contributed by atoms with Gasteiger partial charge in [0.25, 0.3) is 0 Å². The molecule has 1 aliphatic heterocycles. The first-order valence-electron chi connectivity index (χ1n) is 4.60. The van der Waals surface area contributed by atoms with Crippen LogP contribution in [0.3, 0.4) is 0 Å². The molecular weight excluding hydrogens is 230 g/mol. The highest BCUT2D eigenvalue weighted by molar-refractivity contribution is 9.10. The van der Waals surface area contributed by atoms with Gasteiger partial charge >= 0.3 is 0 Å². The molecular formula is C9H14BrN3. The number of rotatable bonds is 2. The molecule has 0 aromatic carbocycles. The van der Waals surface area contributed by atoms with E-state index < -0.39 is 0 Å². The topological polar surface area (TPSA) is 31.1 Å². The van der Waals surface area contributed by atoms with Crippen molar-refractivity contribution in [1.82, 2.24) is 15.2 Å². The molecule has 0 spiro atoms. The zero-order valence-corrected chi connectivity index (χ0v) is 9.10. The summed E-state index contributed by atoms with van der Waals surface area (Å²) in [7, 11) is 0. The predicted molar refractivity (Wildman–Crippen MR) is 56.6 cm³/mol. The number of nitrogens with zero attached hydrogens (tertiary/aromatic N) is 1. The van der Waals surface area contributed by atoms with Gasteiger partial charge in [-0.3, -0.25) is 4.90 Å². The molecule has 2 heterocycles. The summed E-state index contributed by atoms with van der Waals surface area (Å²) in [6.45, 7) is 5.60. The second-order valence-electron chi connectivity index (χ2n) is 3.38. The first-order chi connectivity index (χ1) is 6.34. The van der Waals surface area contributed by atoms with Gasteiger partial charge in [-0.15, -0.1) is 0 Å². The third kappa shape index (κ3) is 2.56. The van der Waals surface area contributed by atoms with Crippen LogP contribution in [0.5, 0.6) is 0 Å². The van der Waals surface area contributed by atoms with Crippen LogP contribution in [0.1, 0.15) is 5.56 Å². The van der Waals surface area contributed by atoms with Crippen molar-refractivity contribution in [3.63, 3.8) is 0 Å². The Morgan fingerprint density at radius 2 is 2.15 bits per heavy atom. The highest BCUT2D eigenvalue weighted by Gasteiger charge is 2.09. The molecule has 4 heteroatoms. The minimum atomic E-state index is 1.06. The maximum Gasteiger partial charge on any atom is 0.0823 e. The third-order valence-electron chi connectivity index (χ3n) is 2.32. The summed E-state index contributed by atoms with van der Waals surface area (Å²) < 4.78 is 1.07. The van der Waals surface area contributed by atoms with E-state index in [-0.39, 0.29) is 0 Å². The normalized spacial score (nSPS) is 19.2. The van der Waals surface area contributed by atoms with Gasteiger partial charge in [0.05, 0.1) is 4.60 Å². The summed E-state index contributed by atoms with van der Waals surface area (Å²) in [5, 5.41) is 3.35. The number of nitrogens with one attached hydrogen (secondary N) is 2. The van der Waals surface area contributed by atoms with Gasteiger partial charge in [0.2, 0.25) is 0 Å². The highest BCUT2D eigenvalue weighted by atomic mass is 79.9. The van der Waals surface area contributed by atoms with E-state index >= 15 is 0 Å². The van der Waals surface area contributed by atoms with Gasteiger partial charge in [0.1, 0.15) is 0 Å². The van der Waals surface area contributed by atoms with Crippen molar-refractivity contribution in [2.75, 3.05) is 26.2 Å². The molecule has 1 aromatic heterocycles. The Kier molecular flexibility index (Phi) is 3.03. The quantitative estimate of drug-likeness (QED) is 0.818. The second kappa shape index (κ2) is 4.26. The van der Waals surface area contributed by atoms with Gasteiger partial charge in [0.15, 0.2) is 0 Å². The minimum Gasteiger partial charge on any atom is -0.356 e. The van der Waals surface area contributed by atoms with Crippen LogP contribution in [-0.4, -0.2) is 36.1 Å². The second-order valence-corrected chi connectivity index (χ2v) is 4.24. The van der Waals surface area contributed by atoms with Gasteiger partial charge in [-0.1, -0.05) is 0 Å². The molecule has 72 valence electrons. The van der Waals surface area contributed by atoms with Crippen LogP contribution in [0.15, 0.2) is 16.9 Å². The molecule has 0 radical (unpaired) electrons. The number of aromatic amines is 1. The van der Waals surface area contributed by atoms with E-state index in [0.29, 0.717) is 0 Å². The SMILES string of the molecule is Brc1cc(CN2CCNCC2)c[nH]1. The summed E-state index contributed by atoms with van der Waals surface area (Å²) in [5.41, 5.74) is 1.36. The first-order valence-corrected chi connectivity index (χ1v) is 5.40. The number of aromatic nitrogens is 1. The number of hydrogen-bond acceptors (Lipinski definition) is 2. The lowest BCUT2D eigenvalue weighted by atomic mass is 10.3. The lowest BCUT2D eigenvalue weighted by Gasteiger charge is -2.26. The molecule has 0 unspecified atom stereocenters. The zero-order chi connectivity index (χ0) is 9.10. The average Bonchev–Trinajstić information content (AvgIpc) is 2.53. The van der Waals surface area contributed by atoms with Crippen LogP contribution in [-0.2, 0) is 6.54 Å². The van der Waals surface area contributed by atoms with Crippen molar-refractivity contribution in [3.05, 3.63) is 22.4 Å². The Hall–Kier alpha value is -0.320. The number of halogens is 1. The number of piperazine rings is 1. The molecule has 13 heavy (non-hydrogen) atoms. The number of hydrogen-bond donors (Lipinski definition) is 2. The van der Waals surface area contributed by atoms with Crippen LogP contribution >= 0.6 is 15.9 Å². The molecule has 1 aromatic rings. The van der Waals surface area contributed by atoms with E-state index in [9.17, 15) is 0 Å². The molecule has 0 atom stereocenters. The van der Waals surface area contributed by atoms with Crippen molar-refractivity contribution >= 4 is 15.9 Å². The summed E-state index contributed by atoms with van der Waals surface area (Å²) in [5.74, 6) is 0.